The molecule has 3 rings (SSSR count). The van der Waals surface area contributed by atoms with Crippen molar-refractivity contribution in [2.24, 2.45) is 0 Å². The number of halogens is 4. The summed E-state index contributed by atoms with van der Waals surface area (Å²) in [4.78, 5) is 25.5. The number of benzene rings is 2. The van der Waals surface area contributed by atoms with Crippen LogP contribution in [0.15, 0.2) is 47.4 Å². The zero-order chi connectivity index (χ0) is 20.6. The molecule has 4 nitrogen and oxygen atoms in total. The second-order valence-electron chi connectivity index (χ2n) is 6.30. The highest BCUT2D eigenvalue weighted by Gasteiger charge is 2.31. The van der Waals surface area contributed by atoms with Crippen molar-refractivity contribution in [2.75, 3.05) is 5.32 Å². The fraction of sp³-hybridized carbons (Fsp3) is 0.200. The van der Waals surface area contributed by atoms with E-state index in [-0.39, 0.29) is 10.9 Å². The lowest BCUT2D eigenvalue weighted by Crippen LogP contribution is -2.24. The Kier molecular flexibility index (Phi) is 5.21. The molecule has 0 aliphatic heterocycles. The number of carbonyl (C=O) groups is 1. The van der Waals surface area contributed by atoms with Crippen LogP contribution in [0.1, 0.15) is 28.4 Å². The summed E-state index contributed by atoms with van der Waals surface area (Å²) < 4.78 is 40.7. The Hall–Kier alpha value is -2.80. The molecule has 1 heterocycles. The predicted octanol–water partition coefficient (Wildman–Crippen LogP) is 5.25. The minimum absolute atomic E-state index is 0.155. The van der Waals surface area contributed by atoms with Gasteiger partial charge in [-0.1, -0.05) is 11.6 Å². The normalized spacial score (nSPS) is 11.6. The standard InChI is InChI=1S/C20H16ClF3N2O2/c1-3-26-10-15(19(28)25-16-6-5-13(21)8-11(16)2)18(27)14-9-12(20(22,23)24)4-7-17(14)26/h4-10H,3H2,1-2H3,(H,25,28). The Balaban J connectivity index is 2.13. The average molecular weight is 409 g/mol. The molecule has 0 atom stereocenters. The third-order valence-corrected chi connectivity index (χ3v) is 4.66. The van der Waals surface area contributed by atoms with Gasteiger partial charge in [0.1, 0.15) is 5.56 Å². The highest BCUT2D eigenvalue weighted by molar-refractivity contribution is 6.30. The van der Waals surface area contributed by atoms with Crippen LogP contribution in [0.4, 0.5) is 18.9 Å². The van der Waals surface area contributed by atoms with Crippen LogP contribution in [0.3, 0.4) is 0 Å². The number of hydrogen-bond donors (Lipinski definition) is 1. The van der Waals surface area contributed by atoms with Gasteiger partial charge in [0, 0.05) is 28.8 Å². The Morgan fingerprint density at radius 1 is 1.18 bits per heavy atom. The number of hydrogen-bond acceptors (Lipinski definition) is 2. The van der Waals surface area contributed by atoms with Crippen LogP contribution >= 0.6 is 11.6 Å². The smallest absolute Gasteiger partial charge is 0.347 e. The van der Waals surface area contributed by atoms with E-state index in [0.29, 0.717) is 28.3 Å². The number of amides is 1. The third-order valence-electron chi connectivity index (χ3n) is 4.43. The van der Waals surface area contributed by atoms with Crippen LogP contribution in [0, 0.1) is 6.92 Å². The van der Waals surface area contributed by atoms with Gasteiger partial charge in [0.05, 0.1) is 11.1 Å². The molecule has 0 saturated heterocycles. The summed E-state index contributed by atoms with van der Waals surface area (Å²) in [5, 5.41) is 2.96. The maximum atomic E-state index is 13.1. The fourth-order valence-corrected chi connectivity index (χ4v) is 3.18. The van der Waals surface area contributed by atoms with Gasteiger partial charge < -0.3 is 9.88 Å². The number of fused-ring (bicyclic) bond motifs is 1. The maximum absolute atomic E-state index is 13.1. The van der Waals surface area contributed by atoms with Crippen LogP contribution in [-0.4, -0.2) is 10.5 Å². The van der Waals surface area contributed by atoms with Crippen LogP contribution < -0.4 is 10.7 Å². The monoisotopic (exact) mass is 408 g/mol. The van der Waals surface area contributed by atoms with Gasteiger partial charge in [-0.25, -0.2) is 0 Å². The molecule has 1 amide bonds. The van der Waals surface area contributed by atoms with E-state index < -0.39 is 23.1 Å². The summed E-state index contributed by atoms with van der Waals surface area (Å²) in [6.07, 6.45) is -3.23. The molecule has 0 saturated carbocycles. The summed E-state index contributed by atoms with van der Waals surface area (Å²) in [5.74, 6) is -0.697. The van der Waals surface area contributed by atoms with Crippen molar-refractivity contribution >= 4 is 34.1 Å². The predicted molar refractivity (Wildman–Crippen MR) is 103 cm³/mol. The molecule has 8 heteroatoms. The van der Waals surface area contributed by atoms with Gasteiger partial charge in [-0.05, 0) is 55.8 Å². The fourth-order valence-electron chi connectivity index (χ4n) is 2.95. The minimum atomic E-state index is -4.59. The molecule has 1 N–H and O–H groups in total. The molecule has 146 valence electrons. The first-order valence-corrected chi connectivity index (χ1v) is 8.81. The molecule has 3 aromatic rings. The van der Waals surface area contributed by atoms with E-state index in [0.717, 1.165) is 12.1 Å². The molecule has 0 radical (unpaired) electrons. The van der Waals surface area contributed by atoms with Gasteiger partial charge in [0.2, 0.25) is 5.43 Å². The van der Waals surface area contributed by atoms with E-state index in [1.165, 1.54) is 12.3 Å². The van der Waals surface area contributed by atoms with Crippen molar-refractivity contribution in [1.82, 2.24) is 4.57 Å². The van der Waals surface area contributed by atoms with Crippen molar-refractivity contribution in [1.29, 1.82) is 0 Å². The van der Waals surface area contributed by atoms with E-state index in [2.05, 4.69) is 5.32 Å². The summed E-state index contributed by atoms with van der Waals surface area (Å²) in [5.41, 5.74) is -0.443. The number of nitrogens with zero attached hydrogens (tertiary/aromatic N) is 1. The number of aromatic nitrogens is 1. The summed E-state index contributed by atoms with van der Waals surface area (Å²) in [7, 11) is 0. The lowest BCUT2D eigenvalue weighted by Gasteiger charge is -2.14. The Morgan fingerprint density at radius 3 is 2.50 bits per heavy atom. The summed E-state index contributed by atoms with van der Waals surface area (Å²) in [6.45, 7) is 3.89. The SMILES string of the molecule is CCn1cc(C(=O)Nc2ccc(Cl)cc2C)c(=O)c2cc(C(F)(F)F)ccc21. The largest absolute Gasteiger partial charge is 0.416 e. The van der Waals surface area contributed by atoms with Crippen LogP contribution in [-0.2, 0) is 12.7 Å². The first-order chi connectivity index (χ1) is 13.1. The van der Waals surface area contributed by atoms with Crippen molar-refractivity contribution in [3.05, 3.63) is 74.5 Å². The van der Waals surface area contributed by atoms with E-state index >= 15 is 0 Å². The lowest BCUT2D eigenvalue weighted by atomic mass is 10.1. The maximum Gasteiger partial charge on any atom is 0.416 e. The Labute approximate surface area is 163 Å². The van der Waals surface area contributed by atoms with E-state index in [4.69, 9.17) is 11.6 Å². The third kappa shape index (κ3) is 3.75. The number of carbonyl (C=O) groups excluding carboxylic acids is 1. The average Bonchev–Trinajstić information content (AvgIpc) is 2.63. The molecule has 0 unspecified atom stereocenters. The van der Waals surface area contributed by atoms with Crippen LogP contribution in [0.25, 0.3) is 10.9 Å². The van der Waals surface area contributed by atoms with E-state index in [9.17, 15) is 22.8 Å². The van der Waals surface area contributed by atoms with E-state index in [1.54, 1.807) is 36.6 Å². The lowest BCUT2D eigenvalue weighted by molar-refractivity contribution is -0.137. The van der Waals surface area contributed by atoms with Crippen LogP contribution in [0.2, 0.25) is 5.02 Å². The summed E-state index contributed by atoms with van der Waals surface area (Å²) in [6, 6.07) is 7.78. The molecule has 28 heavy (non-hydrogen) atoms. The van der Waals surface area contributed by atoms with Crippen molar-refractivity contribution in [2.45, 2.75) is 26.6 Å². The molecule has 2 aromatic carbocycles. The van der Waals surface area contributed by atoms with Gasteiger partial charge in [-0.15, -0.1) is 0 Å². The first kappa shape index (κ1) is 19.9. The molecular formula is C20H16ClF3N2O2. The second kappa shape index (κ2) is 7.31. The van der Waals surface area contributed by atoms with E-state index in [1.807, 2.05) is 0 Å². The number of nitrogens with one attached hydrogen (secondary N) is 1. The van der Waals surface area contributed by atoms with Crippen molar-refractivity contribution in [3.63, 3.8) is 0 Å². The van der Waals surface area contributed by atoms with Crippen molar-refractivity contribution < 1.29 is 18.0 Å². The molecule has 1 aromatic heterocycles. The second-order valence-corrected chi connectivity index (χ2v) is 6.74. The Bertz CT molecular complexity index is 1140. The highest BCUT2D eigenvalue weighted by Crippen LogP contribution is 2.31. The van der Waals surface area contributed by atoms with Crippen molar-refractivity contribution in [3.8, 4) is 0 Å². The number of alkyl halides is 3. The Morgan fingerprint density at radius 2 is 1.89 bits per heavy atom. The topological polar surface area (TPSA) is 51.1 Å². The summed E-state index contributed by atoms with van der Waals surface area (Å²) >= 11 is 5.89. The molecule has 0 bridgehead atoms. The quantitative estimate of drug-likeness (QED) is 0.643. The molecule has 0 aliphatic rings. The molecule has 0 spiro atoms. The van der Waals surface area contributed by atoms with Gasteiger partial charge in [-0.3, -0.25) is 9.59 Å². The number of aryl methyl sites for hydroxylation is 2. The molecule has 0 fully saturated rings. The molecular weight excluding hydrogens is 393 g/mol. The number of anilines is 1. The van der Waals surface area contributed by atoms with Gasteiger partial charge in [-0.2, -0.15) is 13.2 Å². The highest BCUT2D eigenvalue weighted by atomic mass is 35.5. The first-order valence-electron chi connectivity index (χ1n) is 8.43. The number of rotatable bonds is 3. The van der Waals surface area contributed by atoms with Gasteiger partial charge >= 0.3 is 6.18 Å². The van der Waals surface area contributed by atoms with Gasteiger partial charge in [0.15, 0.2) is 0 Å². The zero-order valence-corrected chi connectivity index (χ0v) is 15.8. The zero-order valence-electron chi connectivity index (χ0n) is 15.0. The van der Waals surface area contributed by atoms with Crippen LogP contribution in [0.5, 0.6) is 0 Å². The molecule has 0 aliphatic carbocycles. The number of pyridine rings is 1. The van der Waals surface area contributed by atoms with Gasteiger partial charge in [0.25, 0.3) is 5.91 Å². The minimum Gasteiger partial charge on any atom is -0.347 e.